The van der Waals surface area contributed by atoms with Crippen LogP contribution in [0.5, 0.6) is 6.01 Å². The monoisotopic (exact) mass is 253 g/mol. The molecule has 0 radical (unpaired) electrons. The molecular formula is C9H15N7O2. The zero-order valence-corrected chi connectivity index (χ0v) is 10.2. The first-order chi connectivity index (χ1) is 8.63. The van der Waals surface area contributed by atoms with Gasteiger partial charge in [0.2, 0.25) is 17.8 Å². The quantitative estimate of drug-likeness (QED) is 0.452. The number of likely N-dealkylation sites (tertiary alicyclic amines) is 1. The first-order valence-electron chi connectivity index (χ1n) is 5.42. The summed E-state index contributed by atoms with van der Waals surface area (Å²) in [6, 6.07) is -0.202. The maximum atomic E-state index is 11.7. The molecule has 0 spiro atoms. The van der Waals surface area contributed by atoms with Gasteiger partial charge in [0, 0.05) is 13.6 Å². The number of anilines is 2. The number of nitrogens with zero attached hydrogens (tertiary/aromatic N) is 4. The number of likely N-dealkylation sites (N-methyl/N-ethyl adjacent to an activating group) is 1. The average molecular weight is 253 g/mol. The fourth-order valence-electron chi connectivity index (χ4n) is 1.69. The Balaban J connectivity index is 2.16. The predicted molar refractivity (Wildman–Crippen MR) is 63.9 cm³/mol. The number of carbonyl (C=O) groups is 1. The minimum Gasteiger partial charge on any atom is -0.467 e. The Morgan fingerprint density at radius 1 is 1.39 bits per heavy atom. The first kappa shape index (κ1) is 12.3. The fourth-order valence-corrected chi connectivity index (χ4v) is 1.69. The lowest BCUT2D eigenvalue weighted by atomic mass is 10.2. The summed E-state index contributed by atoms with van der Waals surface area (Å²) in [7, 11) is 3.19. The number of carbonyl (C=O) groups excluding carboxylic acids is 1. The second-order valence-corrected chi connectivity index (χ2v) is 3.86. The molecule has 0 saturated carbocycles. The minimum absolute atomic E-state index is 0.0108. The third-order valence-electron chi connectivity index (χ3n) is 2.66. The predicted octanol–water partition coefficient (Wildman–Crippen LogP) is -1.19. The van der Waals surface area contributed by atoms with Crippen molar-refractivity contribution in [2.24, 2.45) is 5.84 Å². The number of hydrogen-bond acceptors (Lipinski definition) is 8. The molecule has 18 heavy (non-hydrogen) atoms. The zero-order valence-electron chi connectivity index (χ0n) is 10.2. The Morgan fingerprint density at radius 2 is 2.11 bits per heavy atom. The highest BCUT2D eigenvalue weighted by Gasteiger charge is 2.29. The van der Waals surface area contributed by atoms with Gasteiger partial charge in [-0.3, -0.25) is 10.2 Å². The number of nitrogen functional groups attached to an aromatic ring is 1. The van der Waals surface area contributed by atoms with Crippen molar-refractivity contribution in [3.05, 3.63) is 0 Å². The molecular weight excluding hydrogens is 238 g/mol. The van der Waals surface area contributed by atoms with Gasteiger partial charge < -0.3 is 15.0 Å². The minimum atomic E-state index is -0.326. The summed E-state index contributed by atoms with van der Waals surface area (Å²) in [4.78, 5) is 25.3. The van der Waals surface area contributed by atoms with Gasteiger partial charge in [-0.05, 0) is 6.42 Å². The van der Waals surface area contributed by atoms with E-state index in [0.717, 1.165) is 0 Å². The van der Waals surface area contributed by atoms with Crippen LogP contribution in [0.1, 0.15) is 6.42 Å². The largest absolute Gasteiger partial charge is 0.467 e. The van der Waals surface area contributed by atoms with Gasteiger partial charge >= 0.3 is 6.01 Å². The second kappa shape index (κ2) is 5.00. The lowest BCUT2D eigenvalue weighted by Gasteiger charge is -2.12. The Morgan fingerprint density at radius 3 is 2.67 bits per heavy atom. The highest BCUT2D eigenvalue weighted by Crippen LogP contribution is 2.15. The van der Waals surface area contributed by atoms with Crippen LogP contribution in [0.25, 0.3) is 0 Å². The molecule has 0 aliphatic carbocycles. The molecule has 2 rings (SSSR count). The van der Waals surface area contributed by atoms with Crippen molar-refractivity contribution >= 4 is 17.8 Å². The van der Waals surface area contributed by atoms with Crippen molar-refractivity contribution in [2.75, 3.05) is 31.4 Å². The molecule has 2 heterocycles. The summed E-state index contributed by atoms with van der Waals surface area (Å²) < 4.78 is 4.92. The molecule has 1 saturated heterocycles. The number of rotatable bonds is 4. The second-order valence-electron chi connectivity index (χ2n) is 3.86. The highest BCUT2D eigenvalue weighted by molar-refractivity contribution is 5.86. The van der Waals surface area contributed by atoms with Crippen molar-refractivity contribution in [3.63, 3.8) is 0 Å². The number of hydrazine groups is 1. The van der Waals surface area contributed by atoms with E-state index in [4.69, 9.17) is 10.6 Å². The molecule has 1 aromatic rings. The topological polar surface area (TPSA) is 118 Å². The molecule has 9 nitrogen and oxygen atoms in total. The zero-order chi connectivity index (χ0) is 13.1. The maximum absolute atomic E-state index is 11.7. The number of aromatic nitrogens is 3. The van der Waals surface area contributed by atoms with Crippen LogP contribution in [0.4, 0.5) is 11.9 Å². The van der Waals surface area contributed by atoms with Crippen LogP contribution < -0.4 is 21.3 Å². The summed E-state index contributed by atoms with van der Waals surface area (Å²) in [5.74, 6) is 5.67. The molecule has 1 atom stereocenters. The Bertz CT molecular complexity index is 430. The van der Waals surface area contributed by atoms with E-state index in [1.165, 1.54) is 7.11 Å². The van der Waals surface area contributed by atoms with E-state index in [1.807, 2.05) is 0 Å². The molecule has 1 aromatic heterocycles. The van der Waals surface area contributed by atoms with Crippen molar-refractivity contribution in [1.82, 2.24) is 19.9 Å². The van der Waals surface area contributed by atoms with E-state index in [9.17, 15) is 4.79 Å². The molecule has 0 aromatic carbocycles. The summed E-state index contributed by atoms with van der Waals surface area (Å²) in [5, 5.41) is 2.94. The van der Waals surface area contributed by atoms with Crippen LogP contribution in [-0.4, -0.2) is 52.5 Å². The van der Waals surface area contributed by atoms with E-state index in [2.05, 4.69) is 25.7 Å². The van der Waals surface area contributed by atoms with Gasteiger partial charge in [-0.1, -0.05) is 0 Å². The summed E-state index contributed by atoms with van der Waals surface area (Å²) in [6.45, 7) is 0.709. The summed E-state index contributed by atoms with van der Waals surface area (Å²) >= 11 is 0. The summed E-state index contributed by atoms with van der Waals surface area (Å²) in [6.07, 6.45) is 0.703. The van der Waals surface area contributed by atoms with Gasteiger partial charge in [0.25, 0.3) is 0 Å². The number of nitrogens with two attached hydrogens (primary N) is 1. The maximum Gasteiger partial charge on any atom is 0.322 e. The van der Waals surface area contributed by atoms with Crippen molar-refractivity contribution < 1.29 is 9.53 Å². The van der Waals surface area contributed by atoms with Crippen LogP contribution >= 0.6 is 0 Å². The van der Waals surface area contributed by atoms with Crippen molar-refractivity contribution in [1.29, 1.82) is 0 Å². The van der Waals surface area contributed by atoms with Crippen molar-refractivity contribution in [2.45, 2.75) is 12.5 Å². The number of amides is 1. The van der Waals surface area contributed by atoms with E-state index in [0.29, 0.717) is 13.0 Å². The molecule has 4 N–H and O–H groups in total. The van der Waals surface area contributed by atoms with Crippen molar-refractivity contribution in [3.8, 4) is 6.01 Å². The van der Waals surface area contributed by atoms with Crippen LogP contribution in [-0.2, 0) is 4.79 Å². The third kappa shape index (κ3) is 2.40. The Hall–Kier alpha value is -2.16. The Labute approximate surface area is 104 Å². The Kier molecular flexibility index (Phi) is 3.42. The van der Waals surface area contributed by atoms with E-state index in [1.54, 1.807) is 11.9 Å². The van der Waals surface area contributed by atoms with E-state index in [-0.39, 0.29) is 29.9 Å². The van der Waals surface area contributed by atoms with Crippen LogP contribution in [0.3, 0.4) is 0 Å². The molecule has 1 unspecified atom stereocenters. The fraction of sp³-hybridized carbons (Fsp3) is 0.556. The average Bonchev–Trinajstić information content (AvgIpc) is 2.70. The van der Waals surface area contributed by atoms with E-state index < -0.39 is 0 Å². The molecule has 9 heteroatoms. The van der Waals surface area contributed by atoms with Gasteiger partial charge in [0.05, 0.1) is 7.11 Å². The standard InChI is InChI=1S/C9H15N7O2/c1-16-4-3-5(6(16)17)11-7-12-8(15-10)14-9(13-7)18-2/h5H,3-4,10H2,1-2H3,(H2,11,12,13,14,15). The van der Waals surface area contributed by atoms with Gasteiger partial charge in [-0.25, -0.2) is 5.84 Å². The molecule has 1 amide bonds. The van der Waals surface area contributed by atoms with Gasteiger partial charge in [0.1, 0.15) is 6.04 Å². The molecule has 1 fully saturated rings. The first-order valence-corrected chi connectivity index (χ1v) is 5.42. The van der Waals surface area contributed by atoms with Gasteiger partial charge in [-0.2, -0.15) is 15.0 Å². The molecule has 1 aliphatic heterocycles. The van der Waals surface area contributed by atoms with Crippen LogP contribution in [0.2, 0.25) is 0 Å². The number of ether oxygens (including phenoxy) is 1. The molecule has 98 valence electrons. The van der Waals surface area contributed by atoms with Gasteiger partial charge in [-0.15, -0.1) is 0 Å². The third-order valence-corrected chi connectivity index (χ3v) is 2.66. The number of hydrogen-bond donors (Lipinski definition) is 3. The molecule has 0 bridgehead atoms. The van der Waals surface area contributed by atoms with E-state index >= 15 is 0 Å². The number of methoxy groups -OCH3 is 1. The number of nitrogens with one attached hydrogen (secondary N) is 2. The SMILES string of the molecule is COc1nc(NN)nc(NC2CCN(C)C2=O)n1. The summed E-state index contributed by atoms with van der Waals surface area (Å²) in [5.41, 5.74) is 2.31. The van der Waals surface area contributed by atoms with Gasteiger partial charge in [0.15, 0.2) is 0 Å². The normalized spacial score (nSPS) is 18.9. The van der Waals surface area contributed by atoms with Crippen LogP contribution in [0, 0.1) is 0 Å². The smallest absolute Gasteiger partial charge is 0.322 e. The van der Waals surface area contributed by atoms with Crippen LogP contribution in [0.15, 0.2) is 0 Å². The highest BCUT2D eigenvalue weighted by atomic mass is 16.5. The lowest BCUT2D eigenvalue weighted by molar-refractivity contribution is -0.127. The lowest BCUT2D eigenvalue weighted by Crippen LogP contribution is -2.31. The molecule has 1 aliphatic rings.